The minimum atomic E-state index is -0.670. The first kappa shape index (κ1) is 13.0. The van der Waals surface area contributed by atoms with Crippen LogP contribution in [0.25, 0.3) is 0 Å². The van der Waals surface area contributed by atoms with Crippen LogP contribution in [-0.2, 0) is 0 Å². The highest BCUT2D eigenvalue weighted by molar-refractivity contribution is 5.05. The molecule has 2 heteroatoms. The van der Waals surface area contributed by atoms with E-state index in [2.05, 4.69) is 27.7 Å². The maximum atomic E-state index is 10.7. The summed E-state index contributed by atoms with van der Waals surface area (Å²) in [7, 11) is 0. The molecule has 1 unspecified atom stereocenters. The summed E-state index contributed by atoms with van der Waals surface area (Å²) < 4.78 is 0. The van der Waals surface area contributed by atoms with Crippen molar-refractivity contribution >= 4 is 0 Å². The second-order valence-electron chi connectivity index (χ2n) is 6.63. The summed E-state index contributed by atoms with van der Waals surface area (Å²) in [6.45, 7) is 10.7. The second kappa shape index (κ2) is 3.74. The van der Waals surface area contributed by atoms with Gasteiger partial charge in [0.1, 0.15) is 0 Å². The fraction of sp³-hybridized carbons (Fsp3) is 1.00. The molecule has 0 spiro atoms. The minimum absolute atomic E-state index is 0.309. The van der Waals surface area contributed by atoms with E-state index in [0.717, 1.165) is 25.7 Å². The smallest absolute Gasteiger partial charge is 0.0826 e. The van der Waals surface area contributed by atoms with Crippen LogP contribution in [0.2, 0.25) is 0 Å². The first-order chi connectivity index (χ1) is 6.61. The van der Waals surface area contributed by atoms with Crippen LogP contribution in [0.1, 0.15) is 60.3 Å². The molecule has 0 aromatic rings. The topological polar surface area (TPSA) is 46.2 Å². The normalized spacial score (nSPS) is 28.8. The molecule has 1 atom stereocenters. The first-order valence-corrected chi connectivity index (χ1v) is 6.12. The van der Waals surface area contributed by atoms with E-state index in [1.54, 1.807) is 0 Å². The Bertz CT molecular complexity index is 221. The van der Waals surface area contributed by atoms with Gasteiger partial charge in [0.2, 0.25) is 0 Å². The van der Waals surface area contributed by atoms with Crippen molar-refractivity contribution in [1.29, 1.82) is 0 Å². The van der Waals surface area contributed by atoms with E-state index in [1.165, 1.54) is 0 Å². The summed E-state index contributed by atoms with van der Waals surface area (Å²) in [5, 5.41) is 10.7. The lowest BCUT2D eigenvalue weighted by atomic mass is 9.62. The van der Waals surface area contributed by atoms with E-state index < -0.39 is 11.1 Å². The van der Waals surface area contributed by atoms with Crippen LogP contribution < -0.4 is 5.73 Å². The Morgan fingerprint density at radius 2 is 1.53 bits per heavy atom. The molecule has 1 aliphatic carbocycles. The van der Waals surface area contributed by atoms with Gasteiger partial charge in [-0.2, -0.15) is 0 Å². The second-order valence-corrected chi connectivity index (χ2v) is 6.63. The molecule has 1 saturated carbocycles. The Labute approximate surface area is 94.2 Å². The molecule has 1 rings (SSSR count). The van der Waals surface area contributed by atoms with Crippen molar-refractivity contribution in [3.05, 3.63) is 0 Å². The predicted molar refractivity (Wildman–Crippen MR) is 64.6 cm³/mol. The maximum absolute atomic E-state index is 10.7. The van der Waals surface area contributed by atoms with Crippen LogP contribution in [0.4, 0.5) is 0 Å². The Hall–Kier alpha value is -0.0800. The van der Waals surface area contributed by atoms with Crippen LogP contribution in [-0.4, -0.2) is 16.2 Å². The zero-order valence-corrected chi connectivity index (χ0v) is 10.9. The molecule has 0 heterocycles. The van der Waals surface area contributed by atoms with Gasteiger partial charge in [-0.15, -0.1) is 0 Å². The number of hydrogen-bond acceptors (Lipinski definition) is 2. The quantitative estimate of drug-likeness (QED) is 0.741. The van der Waals surface area contributed by atoms with Gasteiger partial charge in [-0.25, -0.2) is 0 Å². The maximum Gasteiger partial charge on any atom is 0.0826 e. The Balaban J connectivity index is 2.78. The zero-order chi connectivity index (χ0) is 11.9. The van der Waals surface area contributed by atoms with Gasteiger partial charge in [-0.05, 0) is 43.9 Å². The lowest BCUT2D eigenvalue weighted by Gasteiger charge is -2.50. The molecule has 0 radical (unpaired) electrons. The minimum Gasteiger partial charge on any atom is -0.388 e. The number of aliphatic hydroxyl groups is 1. The summed E-state index contributed by atoms with van der Waals surface area (Å²) in [4.78, 5) is 0. The van der Waals surface area contributed by atoms with Crippen LogP contribution in [0.5, 0.6) is 0 Å². The highest BCUT2D eigenvalue weighted by Crippen LogP contribution is 2.45. The van der Waals surface area contributed by atoms with Crippen molar-refractivity contribution in [3.63, 3.8) is 0 Å². The largest absolute Gasteiger partial charge is 0.388 e. The van der Waals surface area contributed by atoms with Gasteiger partial charge in [0.25, 0.3) is 0 Å². The van der Waals surface area contributed by atoms with Crippen LogP contribution in [0.15, 0.2) is 0 Å². The van der Waals surface area contributed by atoms with Crippen LogP contribution in [0.3, 0.4) is 0 Å². The molecule has 15 heavy (non-hydrogen) atoms. The lowest BCUT2D eigenvalue weighted by molar-refractivity contribution is -0.0933. The van der Waals surface area contributed by atoms with Crippen molar-refractivity contribution in [2.24, 2.45) is 17.1 Å². The molecular formula is C13H27NO. The number of nitrogens with two attached hydrogens (primary N) is 1. The molecule has 0 aromatic heterocycles. The third-order valence-corrected chi connectivity index (χ3v) is 4.63. The molecule has 0 amide bonds. The van der Waals surface area contributed by atoms with E-state index in [0.29, 0.717) is 11.3 Å². The molecule has 0 saturated heterocycles. The van der Waals surface area contributed by atoms with Crippen LogP contribution in [0, 0.1) is 11.3 Å². The van der Waals surface area contributed by atoms with Gasteiger partial charge in [-0.1, -0.05) is 27.7 Å². The Kier molecular flexibility index (Phi) is 3.24. The third-order valence-electron chi connectivity index (χ3n) is 4.63. The highest BCUT2D eigenvalue weighted by atomic mass is 16.3. The summed E-state index contributed by atoms with van der Waals surface area (Å²) >= 11 is 0. The summed E-state index contributed by atoms with van der Waals surface area (Å²) in [6.07, 6.45) is 3.82. The van der Waals surface area contributed by atoms with Gasteiger partial charge < -0.3 is 10.8 Å². The Morgan fingerprint density at radius 1 is 1.13 bits per heavy atom. The van der Waals surface area contributed by atoms with E-state index in [9.17, 15) is 5.11 Å². The first-order valence-electron chi connectivity index (χ1n) is 6.12. The monoisotopic (exact) mass is 213 g/mol. The molecule has 90 valence electrons. The van der Waals surface area contributed by atoms with E-state index in [4.69, 9.17) is 5.73 Å². The summed E-state index contributed by atoms with van der Waals surface area (Å²) in [5.41, 5.74) is 5.54. The molecule has 1 fully saturated rings. The summed E-state index contributed by atoms with van der Waals surface area (Å²) in [6, 6.07) is 0. The number of hydrogen-bond donors (Lipinski definition) is 2. The van der Waals surface area contributed by atoms with Crippen molar-refractivity contribution in [3.8, 4) is 0 Å². The molecule has 1 aliphatic rings. The zero-order valence-electron chi connectivity index (χ0n) is 10.9. The average Bonchev–Trinajstić information content (AvgIpc) is 2.10. The van der Waals surface area contributed by atoms with Crippen molar-refractivity contribution in [2.75, 3.05) is 0 Å². The van der Waals surface area contributed by atoms with Gasteiger partial charge in [0.15, 0.2) is 0 Å². The van der Waals surface area contributed by atoms with Gasteiger partial charge in [-0.3, -0.25) is 0 Å². The SMILES string of the molecule is CC(C)C(C)(N)C1(O)CCC(C)(C)CC1. The predicted octanol–water partition coefficient (Wildman–Crippen LogP) is 2.69. The summed E-state index contributed by atoms with van der Waals surface area (Å²) in [5.74, 6) is 0.309. The molecule has 3 N–H and O–H groups in total. The molecular weight excluding hydrogens is 186 g/mol. The molecule has 0 aliphatic heterocycles. The van der Waals surface area contributed by atoms with Crippen LogP contribution >= 0.6 is 0 Å². The van der Waals surface area contributed by atoms with Crippen molar-refractivity contribution in [2.45, 2.75) is 71.4 Å². The van der Waals surface area contributed by atoms with E-state index in [-0.39, 0.29) is 0 Å². The standard InChI is InChI=1S/C13H27NO/c1-10(2)12(5,14)13(15)8-6-11(3,4)7-9-13/h10,15H,6-9,14H2,1-5H3. The van der Waals surface area contributed by atoms with Gasteiger partial charge in [0.05, 0.1) is 5.60 Å². The Morgan fingerprint density at radius 3 is 1.87 bits per heavy atom. The molecule has 2 nitrogen and oxygen atoms in total. The fourth-order valence-corrected chi connectivity index (χ4v) is 2.42. The molecule has 0 bridgehead atoms. The van der Waals surface area contributed by atoms with Gasteiger partial charge in [0, 0.05) is 5.54 Å². The third kappa shape index (κ3) is 2.36. The van der Waals surface area contributed by atoms with Crippen molar-refractivity contribution < 1.29 is 5.11 Å². The van der Waals surface area contributed by atoms with E-state index in [1.807, 2.05) is 6.92 Å². The lowest BCUT2D eigenvalue weighted by Crippen LogP contribution is -2.63. The molecule has 0 aromatic carbocycles. The van der Waals surface area contributed by atoms with Gasteiger partial charge >= 0.3 is 0 Å². The van der Waals surface area contributed by atoms with E-state index >= 15 is 0 Å². The highest BCUT2D eigenvalue weighted by Gasteiger charge is 2.49. The fourth-order valence-electron chi connectivity index (χ4n) is 2.42. The van der Waals surface area contributed by atoms with Crippen molar-refractivity contribution in [1.82, 2.24) is 0 Å². The average molecular weight is 213 g/mol. The number of rotatable bonds is 2.